The highest BCUT2D eigenvalue weighted by Crippen LogP contribution is 2.31. The normalized spacial score (nSPS) is 20.5. The second-order valence-corrected chi connectivity index (χ2v) is 6.81. The summed E-state index contributed by atoms with van der Waals surface area (Å²) in [4.78, 5) is 17.3. The maximum absolute atomic E-state index is 10.9. The fourth-order valence-corrected chi connectivity index (χ4v) is 3.57. The van der Waals surface area contributed by atoms with Crippen LogP contribution >= 0.6 is 11.8 Å². The number of aliphatic imine (C=N–C) groups is 1. The van der Waals surface area contributed by atoms with Gasteiger partial charge in [0.1, 0.15) is 0 Å². The van der Waals surface area contributed by atoms with Crippen molar-refractivity contribution in [3.8, 4) is 0 Å². The van der Waals surface area contributed by atoms with E-state index in [0.717, 1.165) is 22.9 Å². The topological polar surface area (TPSA) is 58.7 Å². The molecule has 5 nitrogen and oxygen atoms in total. The lowest BCUT2D eigenvalue weighted by Gasteiger charge is -2.22. The van der Waals surface area contributed by atoms with E-state index in [1.54, 1.807) is 23.9 Å². The second kappa shape index (κ2) is 6.47. The van der Waals surface area contributed by atoms with Crippen LogP contribution in [0.15, 0.2) is 23.2 Å². The van der Waals surface area contributed by atoms with E-state index in [9.17, 15) is 10.1 Å². The highest BCUT2D eigenvalue weighted by Gasteiger charge is 2.27. The SMILES string of the molecule is Cc1ccc([N+](=O)[O-])cc1N=C1SCC(CC(C)C)N1C. The Hall–Kier alpha value is -1.56. The maximum Gasteiger partial charge on any atom is 0.271 e. The Kier molecular flexibility index (Phi) is 4.88. The highest BCUT2D eigenvalue weighted by atomic mass is 32.2. The largest absolute Gasteiger partial charge is 0.350 e. The van der Waals surface area contributed by atoms with Crippen LogP contribution in [0.2, 0.25) is 0 Å². The number of hydrogen-bond acceptors (Lipinski definition) is 4. The van der Waals surface area contributed by atoms with E-state index < -0.39 is 0 Å². The first-order valence-electron chi connectivity index (χ1n) is 7.08. The lowest BCUT2D eigenvalue weighted by atomic mass is 10.0. The van der Waals surface area contributed by atoms with Crippen molar-refractivity contribution < 1.29 is 4.92 Å². The van der Waals surface area contributed by atoms with Crippen molar-refractivity contribution >= 4 is 28.3 Å². The number of benzene rings is 1. The van der Waals surface area contributed by atoms with Crippen LogP contribution in [0.3, 0.4) is 0 Å². The van der Waals surface area contributed by atoms with Crippen molar-refractivity contribution in [1.29, 1.82) is 0 Å². The number of nitrogens with zero attached hydrogens (tertiary/aromatic N) is 3. The van der Waals surface area contributed by atoms with Gasteiger partial charge in [-0.2, -0.15) is 0 Å². The summed E-state index contributed by atoms with van der Waals surface area (Å²) in [6.07, 6.45) is 1.14. The van der Waals surface area contributed by atoms with E-state index >= 15 is 0 Å². The molecule has 0 bridgehead atoms. The molecule has 1 aromatic rings. The summed E-state index contributed by atoms with van der Waals surface area (Å²) in [6, 6.07) is 5.31. The molecular weight excluding hydrogens is 286 g/mol. The molecule has 6 heteroatoms. The number of non-ortho nitro benzene ring substituents is 1. The number of aryl methyl sites for hydroxylation is 1. The number of thioether (sulfide) groups is 1. The minimum absolute atomic E-state index is 0.0873. The van der Waals surface area contributed by atoms with Gasteiger partial charge in [-0.25, -0.2) is 4.99 Å². The van der Waals surface area contributed by atoms with Crippen LogP contribution in [-0.2, 0) is 0 Å². The van der Waals surface area contributed by atoms with Gasteiger partial charge in [0.2, 0.25) is 0 Å². The van der Waals surface area contributed by atoms with E-state index in [1.807, 2.05) is 6.92 Å². The van der Waals surface area contributed by atoms with Crippen LogP contribution in [0.5, 0.6) is 0 Å². The number of rotatable bonds is 4. The molecule has 0 N–H and O–H groups in total. The molecule has 1 unspecified atom stereocenters. The number of amidine groups is 1. The van der Waals surface area contributed by atoms with Crippen molar-refractivity contribution in [2.45, 2.75) is 33.2 Å². The molecule has 0 radical (unpaired) electrons. The van der Waals surface area contributed by atoms with Gasteiger partial charge < -0.3 is 4.90 Å². The smallest absolute Gasteiger partial charge is 0.271 e. The summed E-state index contributed by atoms with van der Waals surface area (Å²) < 4.78 is 0. The van der Waals surface area contributed by atoms with Crippen LogP contribution in [0.25, 0.3) is 0 Å². The zero-order chi connectivity index (χ0) is 15.6. The molecule has 1 aliphatic heterocycles. The Labute approximate surface area is 129 Å². The third-order valence-corrected chi connectivity index (χ3v) is 4.81. The van der Waals surface area contributed by atoms with Gasteiger partial charge in [0.15, 0.2) is 5.17 Å². The molecule has 1 heterocycles. The Bertz CT molecular complexity index is 572. The van der Waals surface area contributed by atoms with Gasteiger partial charge in [-0.1, -0.05) is 31.7 Å². The van der Waals surface area contributed by atoms with Gasteiger partial charge in [0, 0.05) is 31.0 Å². The number of hydrogen-bond donors (Lipinski definition) is 0. The van der Waals surface area contributed by atoms with Crippen molar-refractivity contribution in [3.63, 3.8) is 0 Å². The summed E-state index contributed by atoms with van der Waals surface area (Å²) in [5.74, 6) is 1.68. The highest BCUT2D eigenvalue weighted by molar-refractivity contribution is 8.14. The van der Waals surface area contributed by atoms with E-state index in [0.29, 0.717) is 17.6 Å². The first-order valence-corrected chi connectivity index (χ1v) is 8.06. The summed E-state index contributed by atoms with van der Waals surface area (Å²) in [7, 11) is 2.05. The summed E-state index contributed by atoms with van der Waals surface area (Å²) in [5, 5.41) is 11.8. The lowest BCUT2D eigenvalue weighted by Crippen LogP contribution is -2.30. The molecule has 1 saturated heterocycles. The monoisotopic (exact) mass is 307 g/mol. The third-order valence-electron chi connectivity index (χ3n) is 3.62. The van der Waals surface area contributed by atoms with Crippen LogP contribution in [0.1, 0.15) is 25.8 Å². The third kappa shape index (κ3) is 3.75. The molecule has 0 aliphatic carbocycles. The lowest BCUT2D eigenvalue weighted by molar-refractivity contribution is -0.384. The standard InChI is InChI=1S/C15H21N3O2S/c1-10(2)7-13-9-21-15(17(13)4)16-14-8-12(18(19)20)6-5-11(14)3/h5-6,8,10,13H,7,9H2,1-4H3. The van der Waals surface area contributed by atoms with Crippen molar-refractivity contribution in [2.24, 2.45) is 10.9 Å². The Morgan fingerprint density at radius 1 is 1.52 bits per heavy atom. The number of nitro groups is 1. The molecule has 1 fully saturated rings. The predicted octanol–water partition coefficient (Wildman–Crippen LogP) is 3.98. The molecule has 114 valence electrons. The van der Waals surface area contributed by atoms with Crippen LogP contribution in [-0.4, -0.2) is 33.8 Å². The predicted molar refractivity (Wildman–Crippen MR) is 88.4 cm³/mol. The van der Waals surface area contributed by atoms with Crippen molar-refractivity contribution in [2.75, 3.05) is 12.8 Å². The van der Waals surface area contributed by atoms with E-state index in [2.05, 4.69) is 30.8 Å². The average molecular weight is 307 g/mol. The zero-order valence-electron chi connectivity index (χ0n) is 12.9. The van der Waals surface area contributed by atoms with E-state index in [1.165, 1.54) is 6.07 Å². The van der Waals surface area contributed by atoms with E-state index in [4.69, 9.17) is 0 Å². The second-order valence-electron chi connectivity index (χ2n) is 5.83. The molecule has 0 saturated carbocycles. The molecule has 0 amide bonds. The van der Waals surface area contributed by atoms with Gasteiger partial charge in [-0.3, -0.25) is 10.1 Å². The summed E-state index contributed by atoms with van der Waals surface area (Å²) in [6.45, 7) is 6.37. The first-order chi connectivity index (χ1) is 9.88. The van der Waals surface area contributed by atoms with Gasteiger partial charge in [0.25, 0.3) is 5.69 Å². The Morgan fingerprint density at radius 2 is 2.24 bits per heavy atom. The molecule has 2 rings (SSSR count). The first kappa shape index (κ1) is 15.8. The van der Waals surface area contributed by atoms with Gasteiger partial charge in [0.05, 0.1) is 10.6 Å². The van der Waals surface area contributed by atoms with Gasteiger partial charge in [-0.15, -0.1) is 0 Å². The van der Waals surface area contributed by atoms with Crippen LogP contribution < -0.4 is 0 Å². The maximum atomic E-state index is 10.9. The fraction of sp³-hybridized carbons (Fsp3) is 0.533. The quantitative estimate of drug-likeness (QED) is 0.623. The average Bonchev–Trinajstić information content (AvgIpc) is 2.73. The van der Waals surface area contributed by atoms with Crippen LogP contribution in [0.4, 0.5) is 11.4 Å². The summed E-state index contributed by atoms with van der Waals surface area (Å²) in [5.41, 5.74) is 1.72. The van der Waals surface area contributed by atoms with Crippen molar-refractivity contribution in [1.82, 2.24) is 4.90 Å². The van der Waals surface area contributed by atoms with Crippen molar-refractivity contribution in [3.05, 3.63) is 33.9 Å². The molecule has 0 spiro atoms. The molecule has 1 aromatic carbocycles. The minimum atomic E-state index is -0.379. The fourth-order valence-electron chi connectivity index (χ4n) is 2.36. The zero-order valence-corrected chi connectivity index (χ0v) is 13.7. The van der Waals surface area contributed by atoms with E-state index in [-0.39, 0.29) is 10.6 Å². The van der Waals surface area contributed by atoms with Crippen LogP contribution in [0, 0.1) is 23.0 Å². The minimum Gasteiger partial charge on any atom is -0.350 e. The Balaban J connectivity index is 2.24. The summed E-state index contributed by atoms with van der Waals surface area (Å²) >= 11 is 1.72. The Morgan fingerprint density at radius 3 is 2.86 bits per heavy atom. The molecular formula is C15H21N3O2S. The van der Waals surface area contributed by atoms with Gasteiger partial charge in [-0.05, 0) is 24.8 Å². The number of nitro benzene ring substituents is 1. The molecule has 1 aliphatic rings. The molecule has 21 heavy (non-hydrogen) atoms. The van der Waals surface area contributed by atoms with Gasteiger partial charge >= 0.3 is 0 Å². The molecule has 1 atom stereocenters. The molecule has 0 aromatic heterocycles.